The molecule has 0 saturated carbocycles. The van der Waals surface area contributed by atoms with E-state index >= 15 is 0 Å². The minimum absolute atomic E-state index is 0.0361. The van der Waals surface area contributed by atoms with E-state index in [1.165, 1.54) is 0 Å². The maximum atomic E-state index is 12.9. The number of benzene rings is 1. The molecule has 3 heterocycles. The summed E-state index contributed by atoms with van der Waals surface area (Å²) in [4.78, 5) is 26.3. The van der Waals surface area contributed by atoms with Gasteiger partial charge in [0.25, 0.3) is 5.91 Å². The fraction of sp³-hybridized carbons (Fsp3) is 0.412. The Labute approximate surface area is 139 Å². The highest BCUT2D eigenvalue weighted by molar-refractivity contribution is 5.98. The summed E-state index contributed by atoms with van der Waals surface area (Å²) in [6.45, 7) is 1.44. The van der Waals surface area contributed by atoms with Crippen LogP contribution in [0.15, 0.2) is 30.6 Å². The molecule has 0 aliphatic carbocycles. The normalized spacial score (nSPS) is 19.9. The van der Waals surface area contributed by atoms with E-state index in [1.807, 2.05) is 23.2 Å². The lowest BCUT2D eigenvalue weighted by Crippen LogP contribution is -2.38. The first kappa shape index (κ1) is 14.9. The van der Waals surface area contributed by atoms with Crippen LogP contribution in [-0.2, 0) is 17.8 Å². The SMILES string of the molecule is O=C1CCc2cc(C(=O)N3CCC[C@H]3Cn3ccnn3)ccc2N1. The van der Waals surface area contributed by atoms with E-state index < -0.39 is 0 Å². The third-order valence-electron chi connectivity index (χ3n) is 4.76. The van der Waals surface area contributed by atoms with E-state index in [4.69, 9.17) is 0 Å². The molecule has 2 aliphatic heterocycles. The number of aromatic nitrogens is 3. The molecule has 1 aromatic carbocycles. The number of nitrogens with one attached hydrogen (secondary N) is 1. The summed E-state index contributed by atoms with van der Waals surface area (Å²) >= 11 is 0. The van der Waals surface area contributed by atoms with Crippen molar-refractivity contribution in [1.29, 1.82) is 0 Å². The van der Waals surface area contributed by atoms with Gasteiger partial charge < -0.3 is 10.2 Å². The highest BCUT2D eigenvalue weighted by Gasteiger charge is 2.30. The standard InChI is InChI=1S/C17H19N5O2/c23-16-6-4-12-10-13(3-5-15(12)19-16)17(24)22-8-1-2-14(22)11-21-9-7-18-20-21/h3,5,7,9-10,14H,1-2,4,6,8,11H2,(H,19,23)/t14-/m0/s1. The number of hydrogen-bond acceptors (Lipinski definition) is 4. The molecule has 24 heavy (non-hydrogen) atoms. The molecule has 1 N–H and O–H groups in total. The fourth-order valence-corrected chi connectivity index (χ4v) is 3.52. The van der Waals surface area contributed by atoms with Crippen LogP contribution in [0.2, 0.25) is 0 Å². The zero-order valence-electron chi connectivity index (χ0n) is 13.3. The van der Waals surface area contributed by atoms with Crippen LogP contribution in [0.25, 0.3) is 0 Å². The second-order valence-corrected chi connectivity index (χ2v) is 6.34. The van der Waals surface area contributed by atoms with Crippen molar-refractivity contribution in [3.63, 3.8) is 0 Å². The van der Waals surface area contributed by atoms with Crippen molar-refractivity contribution in [3.05, 3.63) is 41.7 Å². The summed E-state index contributed by atoms with van der Waals surface area (Å²) in [5.41, 5.74) is 2.55. The minimum Gasteiger partial charge on any atom is -0.334 e. The van der Waals surface area contributed by atoms with Gasteiger partial charge in [0.05, 0.1) is 18.8 Å². The van der Waals surface area contributed by atoms with Gasteiger partial charge in [-0.1, -0.05) is 5.21 Å². The molecule has 4 rings (SSSR count). The Morgan fingerprint density at radius 3 is 3.08 bits per heavy atom. The molecule has 1 fully saturated rings. The highest BCUT2D eigenvalue weighted by atomic mass is 16.2. The predicted molar refractivity (Wildman–Crippen MR) is 87.5 cm³/mol. The quantitative estimate of drug-likeness (QED) is 0.926. The zero-order chi connectivity index (χ0) is 16.5. The first-order valence-corrected chi connectivity index (χ1v) is 8.28. The van der Waals surface area contributed by atoms with Crippen LogP contribution >= 0.6 is 0 Å². The number of aryl methyl sites for hydroxylation is 1. The number of carbonyl (C=O) groups excluding carboxylic acids is 2. The van der Waals surface area contributed by atoms with Crippen molar-refractivity contribution in [2.24, 2.45) is 0 Å². The summed E-state index contributed by atoms with van der Waals surface area (Å²) in [5, 5.41) is 10.7. The largest absolute Gasteiger partial charge is 0.334 e. The van der Waals surface area contributed by atoms with E-state index in [0.29, 0.717) is 24.9 Å². The molecule has 1 atom stereocenters. The number of anilines is 1. The molecular formula is C17H19N5O2. The summed E-state index contributed by atoms with van der Waals surface area (Å²) in [6, 6.07) is 5.71. The van der Waals surface area contributed by atoms with Crippen molar-refractivity contribution in [3.8, 4) is 0 Å². The van der Waals surface area contributed by atoms with Gasteiger partial charge in [0.2, 0.25) is 5.91 Å². The third-order valence-corrected chi connectivity index (χ3v) is 4.76. The van der Waals surface area contributed by atoms with Gasteiger partial charge in [0.1, 0.15) is 0 Å². The van der Waals surface area contributed by atoms with Gasteiger partial charge in [-0.3, -0.25) is 14.3 Å². The van der Waals surface area contributed by atoms with Gasteiger partial charge in [-0.15, -0.1) is 5.10 Å². The average Bonchev–Trinajstić information content (AvgIpc) is 3.26. The average molecular weight is 325 g/mol. The van der Waals surface area contributed by atoms with E-state index in [9.17, 15) is 9.59 Å². The Morgan fingerprint density at radius 1 is 1.33 bits per heavy atom. The van der Waals surface area contributed by atoms with E-state index in [1.54, 1.807) is 16.9 Å². The van der Waals surface area contributed by atoms with Gasteiger partial charge in [0.15, 0.2) is 0 Å². The Bertz CT molecular complexity index is 771. The zero-order valence-corrected chi connectivity index (χ0v) is 13.3. The second-order valence-electron chi connectivity index (χ2n) is 6.34. The lowest BCUT2D eigenvalue weighted by molar-refractivity contribution is -0.116. The Morgan fingerprint density at radius 2 is 2.25 bits per heavy atom. The molecule has 1 saturated heterocycles. The monoisotopic (exact) mass is 325 g/mol. The molecule has 1 aromatic heterocycles. The number of rotatable bonds is 3. The van der Waals surface area contributed by atoms with Crippen LogP contribution in [0.5, 0.6) is 0 Å². The molecule has 124 valence electrons. The predicted octanol–water partition coefficient (Wildman–Crippen LogP) is 1.47. The van der Waals surface area contributed by atoms with Crippen molar-refractivity contribution in [2.45, 2.75) is 38.3 Å². The Hall–Kier alpha value is -2.70. The first-order chi connectivity index (χ1) is 11.7. The van der Waals surface area contributed by atoms with Gasteiger partial charge in [-0.25, -0.2) is 0 Å². The number of hydrogen-bond donors (Lipinski definition) is 1. The van der Waals surface area contributed by atoms with Crippen molar-refractivity contribution in [2.75, 3.05) is 11.9 Å². The summed E-state index contributed by atoms with van der Waals surface area (Å²) in [5.74, 6) is 0.0892. The summed E-state index contributed by atoms with van der Waals surface area (Å²) in [7, 11) is 0. The topological polar surface area (TPSA) is 80.1 Å². The number of amides is 2. The molecule has 0 bridgehead atoms. The number of carbonyl (C=O) groups is 2. The number of fused-ring (bicyclic) bond motifs is 1. The highest BCUT2D eigenvalue weighted by Crippen LogP contribution is 2.26. The van der Waals surface area contributed by atoms with Gasteiger partial charge >= 0.3 is 0 Å². The van der Waals surface area contributed by atoms with Crippen LogP contribution < -0.4 is 5.32 Å². The van der Waals surface area contributed by atoms with Crippen LogP contribution in [0, 0.1) is 0 Å². The van der Waals surface area contributed by atoms with Crippen molar-refractivity contribution >= 4 is 17.5 Å². The molecule has 2 aliphatic rings. The summed E-state index contributed by atoms with van der Waals surface area (Å²) < 4.78 is 1.78. The van der Waals surface area contributed by atoms with Crippen LogP contribution in [-0.4, -0.2) is 44.3 Å². The smallest absolute Gasteiger partial charge is 0.254 e. The molecule has 2 aromatic rings. The molecular weight excluding hydrogens is 306 g/mol. The first-order valence-electron chi connectivity index (χ1n) is 8.28. The van der Waals surface area contributed by atoms with Crippen molar-refractivity contribution < 1.29 is 9.59 Å². The minimum atomic E-state index is 0.0361. The van der Waals surface area contributed by atoms with Crippen LogP contribution in [0.1, 0.15) is 35.2 Å². The molecule has 7 heteroatoms. The summed E-state index contributed by atoms with van der Waals surface area (Å²) in [6.07, 6.45) is 6.62. The Balaban J connectivity index is 1.53. The molecule has 0 spiro atoms. The molecule has 0 unspecified atom stereocenters. The maximum Gasteiger partial charge on any atom is 0.254 e. The van der Waals surface area contributed by atoms with Crippen LogP contribution in [0.4, 0.5) is 5.69 Å². The molecule has 2 amide bonds. The lowest BCUT2D eigenvalue weighted by atomic mass is 10.00. The number of likely N-dealkylation sites (tertiary alicyclic amines) is 1. The second kappa shape index (κ2) is 6.07. The molecule has 7 nitrogen and oxygen atoms in total. The lowest BCUT2D eigenvalue weighted by Gasteiger charge is -2.25. The Kier molecular flexibility index (Phi) is 3.76. The van der Waals surface area contributed by atoms with Gasteiger partial charge in [-0.2, -0.15) is 0 Å². The van der Waals surface area contributed by atoms with E-state index in [0.717, 1.165) is 30.6 Å². The fourth-order valence-electron chi connectivity index (χ4n) is 3.52. The third kappa shape index (κ3) is 2.77. The van der Waals surface area contributed by atoms with E-state index in [-0.39, 0.29) is 17.9 Å². The van der Waals surface area contributed by atoms with Gasteiger partial charge in [0, 0.05) is 30.4 Å². The van der Waals surface area contributed by atoms with E-state index in [2.05, 4.69) is 15.6 Å². The molecule has 0 radical (unpaired) electrons. The van der Waals surface area contributed by atoms with Gasteiger partial charge in [-0.05, 0) is 43.0 Å². The number of nitrogens with zero attached hydrogens (tertiary/aromatic N) is 4. The van der Waals surface area contributed by atoms with Crippen molar-refractivity contribution in [1.82, 2.24) is 19.9 Å². The van der Waals surface area contributed by atoms with Crippen LogP contribution in [0.3, 0.4) is 0 Å². The maximum absolute atomic E-state index is 12.9.